The van der Waals surface area contributed by atoms with Gasteiger partial charge in [0, 0.05) is 6.54 Å². The number of nitrogens with two attached hydrogens (primary N) is 1. The second kappa shape index (κ2) is 4.94. The third-order valence-electron chi connectivity index (χ3n) is 1.26. The molecule has 0 aliphatic rings. The number of nitrogens with zero attached hydrogens (tertiary/aromatic N) is 1. The van der Waals surface area contributed by atoms with Gasteiger partial charge in [-0.1, -0.05) is 0 Å². The first kappa shape index (κ1) is 12.9. The van der Waals surface area contributed by atoms with Crippen molar-refractivity contribution in [2.75, 3.05) is 13.1 Å². The molecule has 0 aliphatic carbocycles. The Morgan fingerprint density at radius 1 is 1.64 bits per heavy atom. The Kier molecular flexibility index (Phi) is 4.55. The van der Waals surface area contributed by atoms with Gasteiger partial charge in [0.1, 0.15) is 6.54 Å². The van der Waals surface area contributed by atoms with Crippen LogP contribution in [0.2, 0.25) is 0 Å². The molecule has 0 unspecified atom stereocenters. The molecule has 0 saturated heterocycles. The van der Waals surface area contributed by atoms with Gasteiger partial charge in [0.15, 0.2) is 5.96 Å². The Hall–Kier alpha value is -1.11. The minimum absolute atomic E-state index is 0.269. The quantitative estimate of drug-likeness (QED) is 0.269. The fourth-order valence-electron chi connectivity index (χ4n) is 0.685. The van der Waals surface area contributed by atoms with Crippen LogP contribution in [0.1, 0.15) is 6.92 Å². The van der Waals surface area contributed by atoms with Crippen LogP contribution in [0.5, 0.6) is 0 Å². The summed E-state index contributed by atoms with van der Waals surface area (Å²) in [7, 11) is -4.81. The van der Waals surface area contributed by atoms with Crippen LogP contribution in [0, 0.1) is 5.41 Å². The van der Waals surface area contributed by atoms with Crippen molar-refractivity contribution in [1.82, 2.24) is 4.90 Å². The maximum absolute atomic E-state index is 10.8. The number of likely N-dealkylation sites (N-methyl/N-ethyl adjacent to an activating group) is 1. The Balaban J connectivity index is 4.18. The highest BCUT2D eigenvalue weighted by atomic mass is 31.2. The molecule has 0 bridgehead atoms. The zero-order valence-electron chi connectivity index (χ0n) is 7.51. The van der Waals surface area contributed by atoms with Crippen molar-refractivity contribution in [1.29, 1.82) is 5.41 Å². The minimum Gasteiger partial charge on any atom is -0.370 e. The van der Waals surface area contributed by atoms with Gasteiger partial charge in [0.25, 0.3) is 0 Å². The first-order valence-electron chi connectivity index (χ1n) is 3.63. The van der Waals surface area contributed by atoms with Gasteiger partial charge in [-0.15, -0.1) is 0 Å². The number of carbonyl (C=O) groups excluding carboxylic acids is 1. The SMILES string of the molecule is CCN(CC(=O)OP(=O)(O)O)C(=N)N. The number of hydrogen-bond donors (Lipinski definition) is 4. The zero-order valence-corrected chi connectivity index (χ0v) is 8.40. The average molecular weight is 225 g/mol. The van der Waals surface area contributed by atoms with E-state index in [9.17, 15) is 9.36 Å². The van der Waals surface area contributed by atoms with Crippen LogP contribution in [0.4, 0.5) is 0 Å². The van der Waals surface area contributed by atoms with Gasteiger partial charge in [0.2, 0.25) is 0 Å². The number of rotatable bonds is 4. The maximum atomic E-state index is 10.8. The normalized spacial score (nSPS) is 10.8. The van der Waals surface area contributed by atoms with Gasteiger partial charge >= 0.3 is 13.8 Å². The first-order valence-corrected chi connectivity index (χ1v) is 5.16. The average Bonchev–Trinajstić information content (AvgIpc) is 1.96. The summed E-state index contributed by atoms with van der Waals surface area (Å²) in [6.07, 6.45) is 0. The van der Waals surface area contributed by atoms with E-state index in [-0.39, 0.29) is 12.5 Å². The maximum Gasteiger partial charge on any atom is 0.527 e. The third kappa shape index (κ3) is 5.52. The molecule has 0 fully saturated rings. The van der Waals surface area contributed by atoms with Crippen molar-refractivity contribution in [2.45, 2.75) is 6.92 Å². The van der Waals surface area contributed by atoms with Crippen molar-refractivity contribution in [3.05, 3.63) is 0 Å². The number of guanidine groups is 1. The van der Waals surface area contributed by atoms with E-state index in [4.69, 9.17) is 20.9 Å². The first-order chi connectivity index (χ1) is 6.26. The van der Waals surface area contributed by atoms with Crippen molar-refractivity contribution >= 4 is 19.8 Å². The molecule has 0 saturated carbocycles. The van der Waals surface area contributed by atoms with E-state index >= 15 is 0 Å². The minimum atomic E-state index is -4.81. The van der Waals surface area contributed by atoms with Crippen LogP contribution in [-0.4, -0.2) is 39.7 Å². The molecule has 82 valence electrons. The fraction of sp³-hybridized carbons (Fsp3) is 0.600. The van der Waals surface area contributed by atoms with E-state index in [0.29, 0.717) is 0 Å². The third-order valence-corrected chi connectivity index (χ3v) is 1.70. The van der Waals surface area contributed by atoms with E-state index in [1.165, 1.54) is 0 Å². The smallest absolute Gasteiger partial charge is 0.370 e. The lowest BCUT2D eigenvalue weighted by Crippen LogP contribution is -2.40. The fourth-order valence-corrected chi connectivity index (χ4v) is 1.01. The van der Waals surface area contributed by atoms with E-state index in [1.807, 2.05) is 0 Å². The highest BCUT2D eigenvalue weighted by molar-refractivity contribution is 7.46. The van der Waals surface area contributed by atoms with Crippen molar-refractivity contribution < 1.29 is 23.7 Å². The van der Waals surface area contributed by atoms with Crippen LogP contribution < -0.4 is 5.73 Å². The van der Waals surface area contributed by atoms with E-state index in [1.54, 1.807) is 6.92 Å². The number of phosphoric acid groups is 1. The van der Waals surface area contributed by atoms with Crippen LogP contribution in [-0.2, 0) is 13.9 Å². The summed E-state index contributed by atoms with van der Waals surface area (Å²) in [4.78, 5) is 28.5. The Labute approximate surface area is 80.4 Å². The Morgan fingerprint density at radius 3 is 2.43 bits per heavy atom. The number of phosphoric ester groups is 1. The Morgan fingerprint density at radius 2 is 2.14 bits per heavy atom. The zero-order chi connectivity index (χ0) is 11.4. The summed E-state index contributed by atoms with van der Waals surface area (Å²) < 4.78 is 14.0. The highest BCUT2D eigenvalue weighted by Gasteiger charge is 2.22. The molecule has 0 atom stereocenters. The summed E-state index contributed by atoms with van der Waals surface area (Å²) in [6, 6.07) is 0. The largest absolute Gasteiger partial charge is 0.527 e. The van der Waals surface area contributed by atoms with Gasteiger partial charge in [-0.3, -0.25) is 15.2 Å². The van der Waals surface area contributed by atoms with E-state index in [2.05, 4.69) is 4.52 Å². The molecule has 0 spiro atoms. The van der Waals surface area contributed by atoms with Gasteiger partial charge in [0.05, 0.1) is 0 Å². The van der Waals surface area contributed by atoms with Crippen molar-refractivity contribution in [2.24, 2.45) is 5.73 Å². The summed E-state index contributed by atoms with van der Waals surface area (Å²) in [5.74, 6) is -1.49. The molecule has 5 N–H and O–H groups in total. The standard InChI is InChI=1S/C5H12N3O5P/c1-2-8(5(6)7)3-4(9)13-14(10,11)12/h2-3H2,1H3,(H3,6,7)(H2,10,11,12). The lowest BCUT2D eigenvalue weighted by atomic mass is 10.5. The lowest BCUT2D eigenvalue weighted by Gasteiger charge is -2.18. The molecule has 9 heteroatoms. The summed E-state index contributed by atoms with van der Waals surface area (Å²) in [6.45, 7) is 1.44. The summed E-state index contributed by atoms with van der Waals surface area (Å²) >= 11 is 0. The molecule has 0 aromatic heterocycles. The predicted octanol–water partition coefficient (Wildman–Crippen LogP) is -1.16. The lowest BCUT2D eigenvalue weighted by molar-refractivity contribution is -0.136. The molecular formula is C5H12N3O5P. The summed E-state index contributed by atoms with van der Waals surface area (Å²) in [5, 5.41) is 6.98. The van der Waals surface area contributed by atoms with Gasteiger partial charge in [-0.05, 0) is 6.92 Å². The van der Waals surface area contributed by atoms with E-state index in [0.717, 1.165) is 4.90 Å². The second-order valence-corrected chi connectivity index (χ2v) is 3.52. The summed E-state index contributed by atoms with van der Waals surface area (Å²) in [5.41, 5.74) is 5.07. The van der Waals surface area contributed by atoms with Crippen LogP contribution in [0.15, 0.2) is 0 Å². The molecule has 0 aromatic rings. The molecular weight excluding hydrogens is 213 g/mol. The molecule has 0 heterocycles. The van der Waals surface area contributed by atoms with Crippen LogP contribution >= 0.6 is 7.82 Å². The van der Waals surface area contributed by atoms with Crippen molar-refractivity contribution in [3.8, 4) is 0 Å². The monoisotopic (exact) mass is 225 g/mol. The second-order valence-electron chi connectivity index (χ2n) is 2.35. The molecule has 0 aromatic carbocycles. The highest BCUT2D eigenvalue weighted by Crippen LogP contribution is 2.35. The molecule has 0 radical (unpaired) electrons. The Bertz CT molecular complexity index is 275. The van der Waals surface area contributed by atoms with Crippen LogP contribution in [0.25, 0.3) is 0 Å². The van der Waals surface area contributed by atoms with Crippen molar-refractivity contribution in [3.63, 3.8) is 0 Å². The molecule has 14 heavy (non-hydrogen) atoms. The van der Waals surface area contributed by atoms with Gasteiger partial charge in [-0.25, -0.2) is 9.36 Å². The number of nitrogens with one attached hydrogen (secondary N) is 1. The molecule has 0 amide bonds. The van der Waals surface area contributed by atoms with E-state index < -0.39 is 20.3 Å². The predicted molar refractivity (Wildman–Crippen MR) is 47.3 cm³/mol. The van der Waals surface area contributed by atoms with Crippen LogP contribution in [0.3, 0.4) is 0 Å². The van der Waals surface area contributed by atoms with Gasteiger partial charge in [-0.2, -0.15) is 0 Å². The number of hydrogen-bond acceptors (Lipinski definition) is 4. The van der Waals surface area contributed by atoms with Gasteiger partial charge < -0.3 is 15.2 Å². The molecule has 0 aliphatic heterocycles. The topological polar surface area (TPSA) is 137 Å². The molecule has 8 nitrogen and oxygen atoms in total. The number of carbonyl (C=O) groups is 1. The molecule has 0 rings (SSSR count).